The lowest BCUT2D eigenvalue weighted by Gasteiger charge is -2.17. The molecule has 1 unspecified atom stereocenters. The van der Waals surface area contributed by atoms with Crippen LogP contribution in [-0.4, -0.2) is 38.4 Å². The fourth-order valence-corrected chi connectivity index (χ4v) is 3.44. The number of halogens is 2. The van der Waals surface area contributed by atoms with Crippen molar-refractivity contribution in [3.8, 4) is 17.1 Å². The van der Waals surface area contributed by atoms with Crippen molar-refractivity contribution in [1.29, 1.82) is 0 Å². The van der Waals surface area contributed by atoms with E-state index in [-0.39, 0.29) is 36.0 Å². The van der Waals surface area contributed by atoms with E-state index in [4.69, 9.17) is 5.73 Å². The summed E-state index contributed by atoms with van der Waals surface area (Å²) < 4.78 is 14.6. The number of hydrogen-bond donors (Lipinski definition) is 2. The van der Waals surface area contributed by atoms with Crippen LogP contribution < -0.4 is 11.1 Å². The van der Waals surface area contributed by atoms with Crippen LogP contribution in [0.5, 0.6) is 0 Å². The van der Waals surface area contributed by atoms with Gasteiger partial charge in [-0.2, -0.15) is 5.10 Å². The Labute approximate surface area is 206 Å². The van der Waals surface area contributed by atoms with Crippen molar-refractivity contribution >= 4 is 30.0 Å². The van der Waals surface area contributed by atoms with Crippen molar-refractivity contribution in [1.82, 2.24) is 20.1 Å². The first-order valence-corrected chi connectivity index (χ1v) is 10.4. The Bertz CT molecular complexity index is 1340. The molecule has 3 N–H and O–H groups in total. The van der Waals surface area contributed by atoms with Gasteiger partial charge in [0.05, 0.1) is 11.3 Å². The normalized spacial score (nSPS) is 11.2. The standard InChI is InChI=1S/C25H20FN5O3.ClH/c26-18-10-8-17(9-11-18)20-12-14-31(30-20)24-19(7-4-13-28-24)25(34)29-21(22(32)23(27)33)15-16-5-2-1-3-6-16;/h1-14,21H,15H2,(H2,27,33)(H,29,34);1H. The molecule has 2 aromatic carbocycles. The Morgan fingerprint density at radius 3 is 2.37 bits per heavy atom. The fraction of sp³-hybridized carbons (Fsp3) is 0.0800. The molecule has 35 heavy (non-hydrogen) atoms. The molecule has 0 aliphatic rings. The zero-order chi connectivity index (χ0) is 24.1. The van der Waals surface area contributed by atoms with Gasteiger partial charge >= 0.3 is 0 Å². The Hall–Kier alpha value is -4.37. The third-order valence-electron chi connectivity index (χ3n) is 5.12. The smallest absolute Gasteiger partial charge is 0.287 e. The molecule has 0 aliphatic heterocycles. The second-order valence-electron chi connectivity index (χ2n) is 7.47. The van der Waals surface area contributed by atoms with Gasteiger partial charge in [0, 0.05) is 24.4 Å². The number of pyridine rings is 1. The Morgan fingerprint density at radius 2 is 1.69 bits per heavy atom. The number of carbonyl (C=O) groups is 3. The van der Waals surface area contributed by atoms with E-state index in [1.165, 1.54) is 29.1 Å². The lowest BCUT2D eigenvalue weighted by Crippen LogP contribution is -2.47. The minimum atomic E-state index is -1.15. The molecular weight excluding hydrogens is 473 g/mol. The monoisotopic (exact) mass is 493 g/mol. The molecular formula is C25H21ClFN5O3. The number of ketones is 1. The summed E-state index contributed by atoms with van der Waals surface area (Å²) in [7, 11) is 0. The predicted octanol–water partition coefficient (Wildman–Crippen LogP) is 2.89. The lowest BCUT2D eigenvalue weighted by atomic mass is 10.0. The second-order valence-corrected chi connectivity index (χ2v) is 7.47. The molecule has 2 heterocycles. The van der Waals surface area contributed by atoms with Crippen molar-refractivity contribution in [3.05, 3.63) is 102 Å². The molecule has 0 saturated carbocycles. The number of nitrogens with two attached hydrogens (primary N) is 1. The fourth-order valence-electron chi connectivity index (χ4n) is 3.44. The molecule has 2 aromatic heterocycles. The SMILES string of the molecule is Cl.NC(=O)C(=O)C(Cc1ccccc1)NC(=O)c1cccnc1-n1ccc(-c2ccc(F)cc2)n1. The van der Waals surface area contributed by atoms with Gasteiger partial charge in [0.25, 0.3) is 11.8 Å². The summed E-state index contributed by atoms with van der Waals surface area (Å²) >= 11 is 0. The summed E-state index contributed by atoms with van der Waals surface area (Å²) in [4.78, 5) is 41.4. The van der Waals surface area contributed by atoms with Crippen molar-refractivity contribution < 1.29 is 18.8 Å². The van der Waals surface area contributed by atoms with Gasteiger partial charge in [-0.3, -0.25) is 14.4 Å². The van der Waals surface area contributed by atoms with Crippen LogP contribution in [-0.2, 0) is 16.0 Å². The molecule has 0 aliphatic carbocycles. The van der Waals surface area contributed by atoms with Crippen LogP contribution >= 0.6 is 12.4 Å². The van der Waals surface area contributed by atoms with E-state index in [2.05, 4.69) is 15.4 Å². The molecule has 2 amide bonds. The second kappa shape index (κ2) is 11.2. The predicted molar refractivity (Wildman–Crippen MR) is 130 cm³/mol. The quantitative estimate of drug-likeness (QED) is 0.366. The van der Waals surface area contributed by atoms with Gasteiger partial charge in [-0.1, -0.05) is 30.3 Å². The Balaban J connectivity index is 0.00000342. The summed E-state index contributed by atoms with van der Waals surface area (Å²) in [5.74, 6) is -2.79. The number of nitrogens with zero attached hydrogens (tertiary/aromatic N) is 3. The molecule has 178 valence electrons. The van der Waals surface area contributed by atoms with Crippen molar-refractivity contribution in [2.45, 2.75) is 12.5 Å². The van der Waals surface area contributed by atoms with Gasteiger partial charge in [-0.15, -0.1) is 12.4 Å². The highest BCUT2D eigenvalue weighted by Gasteiger charge is 2.27. The molecule has 4 rings (SSSR count). The van der Waals surface area contributed by atoms with Crippen LogP contribution in [0.4, 0.5) is 4.39 Å². The lowest BCUT2D eigenvalue weighted by molar-refractivity contribution is -0.137. The summed E-state index contributed by atoms with van der Waals surface area (Å²) in [5, 5.41) is 7.05. The highest BCUT2D eigenvalue weighted by Crippen LogP contribution is 2.20. The van der Waals surface area contributed by atoms with E-state index in [1.54, 1.807) is 54.7 Å². The van der Waals surface area contributed by atoms with Crippen molar-refractivity contribution in [3.63, 3.8) is 0 Å². The zero-order valence-electron chi connectivity index (χ0n) is 18.3. The topological polar surface area (TPSA) is 120 Å². The van der Waals surface area contributed by atoms with Crippen LogP contribution in [0.25, 0.3) is 17.1 Å². The van der Waals surface area contributed by atoms with Crippen molar-refractivity contribution in [2.75, 3.05) is 0 Å². The first kappa shape index (κ1) is 25.3. The molecule has 0 saturated heterocycles. The van der Waals surface area contributed by atoms with Crippen LogP contribution in [0.3, 0.4) is 0 Å². The number of carbonyl (C=O) groups excluding carboxylic acids is 3. The van der Waals surface area contributed by atoms with Crippen LogP contribution in [0.15, 0.2) is 85.2 Å². The highest BCUT2D eigenvalue weighted by molar-refractivity contribution is 6.38. The maximum Gasteiger partial charge on any atom is 0.287 e. The van der Waals surface area contributed by atoms with E-state index in [0.717, 1.165) is 5.56 Å². The first-order chi connectivity index (χ1) is 16.4. The third-order valence-corrected chi connectivity index (χ3v) is 5.12. The number of aromatic nitrogens is 3. The summed E-state index contributed by atoms with van der Waals surface area (Å²) in [6.45, 7) is 0. The summed E-state index contributed by atoms with van der Waals surface area (Å²) in [6, 6.07) is 18.5. The van der Waals surface area contributed by atoms with Gasteiger partial charge in [0.2, 0.25) is 5.78 Å². The molecule has 10 heteroatoms. The van der Waals surface area contributed by atoms with E-state index in [9.17, 15) is 18.8 Å². The molecule has 1 atom stereocenters. The van der Waals surface area contributed by atoms with Gasteiger partial charge in [-0.05, 0) is 48.0 Å². The maximum absolute atomic E-state index is 13.2. The van der Waals surface area contributed by atoms with E-state index >= 15 is 0 Å². The molecule has 0 radical (unpaired) electrons. The van der Waals surface area contributed by atoms with Crippen molar-refractivity contribution in [2.24, 2.45) is 5.73 Å². The summed E-state index contributed by atoms with van der Waals surface area (Å²) in [5.41, 5.74) is 7.35. The van der Waals surface area contributed by atoms with Crippen LogP contribution in [0.2, 0.25) is 0 Å². The van der Waals surface area contributed by atoms with E-state index in [1.807, 2.05) is 6.07 Å². The Kier molecular flexibility index (Phi) is 8.06. The molecule has 0 fully saturated rings. The van der Waals surface area contributed by atoms with E-state index < -0.39 is 23.6 Å². The third kappa shape index (κ3) is 5.96. The Morgan fingerprint density at radius 1 is 0.971 bits per heavy atom. The molecule has 0 bridgehead atoms. The molecule has 4 aromatic rings. The van der Waals surface area contributed by atoms with Gasteiger partial charge in [0.15, 0.2) is 5.82 Å². The molecule has 8 nitrogen and oxygen atoms in total. The average molecular weight is 494 g/mol. The van der Waals surface area contributed by atoms with Gasteiger partial charge in [0.1, 0.15) is 11.9 Å². The van der Waals surface area contributed by atoms with Gasteiger partial charge in [-0.25, -0.2) is 14.1 Å². The zero-order valence-corrected chi connectivity index (χ0v) is 19.1. The maximum atomic E-state index is 13.2. The number of benzene rings is 2. The summed E-state index contributed by atoms with van der Waals surface area (Å²) in [6.07, 6.45) is 3.22. The van der Waals surface area contributed by atoms with Crippen LogP contribution in [0.1, 0.15) is 15.9 Å². The van der Waals surface area contributed by atoms with Gasteiger partial charge < -0.3 is 11.1 Å². The largest absolute Gasteiger partial charge is 0.363 e. The number of primary amides is 1. The van der Waals surface area contributed by atoms with E-state index in [0.29, 0.717) is 11.3 Å². The number of nitrogens with one attached hydrogen (secondary N) is 1. The average Bonchev–Trinajstić information content (AvgIpc) is 3.34. The number of hydrogen-bond acceptors (Lipinski definition) is 5. The highest BCUT2D eigenvalue weighted by atomic mass is 35.5. The molecule has 0 spiro atoms. The van der Waals surface area contributed by atoms with Crippen LogP contribution in [0, 0.1) is 5.82 Å². The number of amides is 2. The minimum Gasteiger partial charge on any atom is -0.363 e. The number of Topliss-reactive ketones (excluding diaryl/α,β-unsaturated/α-hetero) is 1. The number of rotatable bonds is 8. The first-order valence-electron chi connectivity index (χ1n) is 10.4. The minimum absolute atomic E-state index is 0.